The summed E-state index contributed by atoms with van der Waals surface area (Å²) in [5, 5.41) is 5.81. The van der Waals surface area contributed by atoms with Crippen LogP contribution in [0.1, 0.15) is 25.7 Å². The molecular weight excluding hydrogens is 312 g/mol. The van der Waals surface area contributed by atoms with E-state index in [0.717, 1.165) is 35.6 Å². The highest BCUT2D eigenvalue weighted by Crippen LogP contribution is 2.34. The summed E-state index contributed by atoms with van der Waals surface area (Å²) >= 11 is 5.99. The van der Waals surface area contributed by atoms with Crippen LogP contribution in [0.4, 0.5) is 5.82 Å². The monoisotopic (exact) mass is 328 g/mol. The van der Waals surface area contributed by atoms with E-state index >= 15 is 0 Å². The van der Waals surface area contributed by atoms with Gasteiger partial charge < -0.3 is 9.42 Å². The molecule has 118 valence electrons. The van der Waals surface area contributed by atoms with E-state index in [1.54, 1.807) is 6.33 Å². The molecule has 0 bridgehead atoms. The minimum Gasteiger partial charge on any atom is -0.356 e. The minimum absolute atomic E-state index is 0.532. The lowest BCUT2D eigenvalue weighted by Crippen LogP contribution is -2.25. The zero-order valence-electron chi connectivity index (χ0n) is 12.7. The molecule has 3 aromatic rings. The van der Waals surface area contributed by atoms with Crippen molar-refractivity contribution < 1.29 is 4.52 Å². The maximum atomic E-state index is 5.99. The molecule has 0 spiro atoms. The van der Waals surface area contributed by atoms with Crippen LogP contribution < -0.4 is 4.90 Å². The van der Waals surface area contributed by atoms with Gasteiger partial charge in [0.1, 0.15) is 23.2 Å². The molecule has 4 rings (SSSR count). The molecule has 3 heterocycles. The quantitative estimate of drug-likeness (QED) is 0.701. The fourth-order valence-electron chi connectivity index (χ4n) is 3.10. The first-order valence-corrected chi connectivity index (χ1v) is 8.32. The van der Waals surface area contributed by atoms with Crippen molar-refractivity contribution in [1.82, 2.24) is 15.1 Å². The van der Waals surface area contributed by atoms with Crippen molar-refractivity contribution in [3.63, 3.8) is 0 Å². The molecule has 1 aliphatic heterocycles. The number of hydrogen-bond donors (Lipinski definition) is 0. The van der Waals surface area contributed by atoms with Crippen LogP contribution in [0.5, 0.6) is 0 Å². The second-order valence-electron chi connectivity index (χ2n) is 5.82. The third kappa shape index (κ3) is 2.77. The van der Waals surface area contributed by atoms with Crippen LogP contribution in [0.15, 0.2) is 35.1 Å². The maximum Gasteiger partial charge on any atom is 0.263 e. The number of aromatic nitrogens is 3. The first kappa shape index (κ1) is 14.5. The van der Waals surface area contributed by atoms with Crippen LogP contribution in [0.25, 0.3) is 22.4 Å². The summed E-state index contributed by atoms with van der Waals surface area (Å²) in [6.45, 7) is 2.02. The standard InChI is InChI=1S/C17H17ClN4O/c18-13-7-5-12(6-8-13)15-14-16(19-11-20-17(14)23-21-15)22-9-3-1-2-4-10-22/h5-8,11H,1-4,9-10H2. The molecule has 6 heteroatoms. The molecule has 0 radical (unpaired) electrons. The molecule has 0 saturated carbocycles. The lowest BCUT2D eigenvalue weighted by molar-refractivity contribution is 0.451. The van der Waals surface area contributed by atoms with Crippen LogP contribution in [0.2, 0.25) is 5.02 Å². The van der Waals surface area contributed by atoms with E-state index in [1.807, 2.05) is 24.3 Å². The molecule has 1 aliphatic rings. The van der Waals surface area contributed by atoms with Gasteiger partial charge in [0.05, 0.1) is 0 Å². The normalized spacial score (nSPS) is 15.8. The van der Waals surface area contributed by atoms with Crippen molar-refractivity contribution in [2.45, 2.75) is 25.7 Å². The lowest BCUT2D eigenvalue weighted by Gasteiger charge is -2.21. The highest BCUT2D eigenvalue weighted by Gasteiger charge is 2.21. The summed E-state index contributed by atoms with van der Waals surface area (Å²) in [6, 6.07) is 7.59. The number of halogens is 1. The Morgan fingerprint density at radius 2 is 1.70 bits per heavy atom. The Bertz CT molecular complexity index is 807. The van der Waals surface area contributed by atoms with Gasteiger partial charge in [-0.25, -0.2) is 4.98 Å². The second-order valence-corrected chi connectivity index (χ2v) is 6.25. The first-order chi connectivity index (χ1) is 11.3. The smallest absolute Gasteiger partial charge is 0.263 e. The topological polar surface area (TPSA) is 55.1 Å². The summed E-state index contributed by atoms with van der Waals surface area (Å²) in [5.41, 5.74) is 2.26. The van der Waals surface area contributed by atoms with Crippen molar-refractivity contribution in [2.75, 3.05) is 18.0 Å². The minimum atomic E-state index is 0.532. The average molecular weight is 329 g/mol. The molecule has 0 N–H and O–H groups in total. The molecular formula is C17H17ClN4O. The zero-order chi connectivity index (χ0) is 15.6. The Hall–Kier alpha value is -2.14. The number of fused-ring (bicyclic) bond motifs is 1. The Kier molecular flexibility index (Phi) is 3.87. The van der Waals surface area contributed by atoms with E-state index in [9.17, 15) is 0 Å². The van der Waals surface area contributed by atoms with Crippen LogP contribution in [0, 0.1) is 0 Å². The summed E-state index contributed by atoms with van der Waals surface area (Å²) in [4.78, 5) is 11.1. The molecule has 5 nitrogen and oxygen atoms in total. The van der Waals surface area contributed by atoms with Gasteiger partial charge in [-0.1, -0.05) is 41.7 Å². The Labute approximate surface area is 139 Å². The Balaban J connectivity index is 1.84. The van der Waals surface area contributed by atoms with Crippen LogP contribution >= 0.6 is 11.6 Å². The maximum absolute atomic E-state index is 5.99. The van der Waals surface area contributed by atoms with Gasteiger partial charge >= 0.3 is 0 Å². The molecule has 1 fully saturated rings. The van der Waals surface area contributed by atoms with E-state index in [2.05, 4.69) is 20.0 Å². The largest absolute Gasteiger partial charge is 0.356 e. The molecule has 0 unspecified atom stereocenters. The lowest BCUT2D eigenvalue weighted by atomic mass is 10.1. The molecule has 0 amide bonds. The predicted octanol–water partition coefficient (Wildman–Crippen LogP) is 4.32. The number of hydrogen-bond acceptors (Lipinski definition) is 5. The average Bonchev–Trinajstić information content (AvgIpc) is 2.83. The Morgan fingerprint density at radius 3 is 2.43 bits per heavy atom. The van der Waals surface area contributed by atoms with E-state index < -0.39 is 0 Å². The third-order valence-electron chi connectivity index (χ3n) is 4.28. The van der Waals surface area contributed by atoms with Crippen molar-refractivity contribution in [3.05, 3.63) is 35.6 Å². The van der Waals surface area contributed by atoms with Crippen molar-refractivity contribution in [1.29, 1.82) is 0 Å². The van der Waals surface area contributed by atoms with Crippen LogP contribution in [-0.4, -0.2) is 28.2 Å². The first-order valence-electron chi connectivity index (χ1n) is 7.94. The highest BCUT2D eigenvalue weighted by atomic mass is 35.5. The number of nitrogens with zero attached hydrogens (tertiary/aromatic N) is 4. The molecule has 0 atom stereocenters. The molecule has 2 aromatic heterocycles. The van der Waals surface area contributed by atoms with Gasteiger partial charge in [0.25, 0.3) is 5.71 Å². The molecule has 0 aliphatic carbocycles. The SMILES string of the molecule is Clc1ccc(-c2noc3ncnc(N4CCCCCC4)c23)cc1. The van der Waals surface area contributed by atoms with E-state index in [4.69, 9.17) is 16.1 Å². The zero-order valence-corrected chi connectivity index (χ0v) is 13.5. The fraction of sp³-hybridized carbons (Fsp3) is 0.353. The van der Waals surface area contributed by atoms with Crippen molar-refractivity contribution in [2.24, 2.45) is 0 Å². The third-order valence-corrected chi connectivity index (χ3v) is 4.53. The number of anilines is 1. The van der Waals surface area contributed by atoms with Gasteiger partial charge in [0, 0.05) is 23.7 Å². The summed E-state index contributed by atoms with van der Waals surface area (Å²) < 4.78 is 5.44. The van der Waals surface area contributed by atoms with Gasteiger partial charge in [0.15, 0.2) is 0 Å². The van der Waals surface area contributed by atoms with Gasteiger partial charge in [-0.2, -0.15) is 4.98 Å². The molecule has 1 saturated heterocycles. The van der Waals surface area contributed by atoms with E-state index in [0.29, 0.717) is 10.7 Å². The predicted molar refractivity (Wildman–Crippen MR) is 90.7 cm³/mol. The highest BCUT2D eigenvalue weighted by molar-refractivity contribution is 6.30. The van der Waals surface area contributed by atoms with Crippen molar-refractivity contribution in [3.8, 4) is 11.3 Å². The van der Waals surface area contributed by atoms with E-state index in [-0.39, 0.29) is 0 Å². The van der Waals surface area contributed by atoms with Gasteiger partial charge in [-0.15, -0.1) is 0 Å². The summed E-state index contributed by atoms with van der Waals surface area (Å²) in [7, 11) is 0. The summed E-state index contributed by atoms with van der Waals surface area (Å²) in [6.07, 6.45) is 6.48. The molecule has 1 aromatic carbocycles. The van der Waals surface area contributed by atoms with Crippen LogP contribution in [0.3, 0.4) is 0 Å². The fourth-order valence-corrected chi connectivity index (χ4v) is 3.22. The van der Waals surface area contributed by atoms with Crippen LogP contribution in [-0.2, 0) is 0 Å². The van der Waals surface area contributed by atoms with Gasteiger partial charge in [-0.3, -0.25) is 0 Å². The molecule has 23 heavy (non-hydrogen) atoms. The second kappa shape index (κ2) is 6.16. The number of rotatable bonds is 2. The Morgan fingerprint density at radius 1 is 0.957 bits per heavy atom. The number of benzene rings is 1. The van der Waals surface area contributed by atoms with Crippen molar-refractivity contribution >= 4 is 28.5 Å². The summed E-state index contributed by atoms with van der Waals surface area (Å²) in [5.74, 6) is 0.920. The van der Waals surface area contributed by atoms with Gasteiger partial charge in [-0.05, 0) is 25.0 Å². The van der Waals surface area contributed by atoms with E-state index in [1.165, 1.54) is 25.7 Å². The van der Waals surface area contributed by atoms with Gasteiger partial charge in [0.2, 0.25) is 0 Å².